The molecule has 2 aromatic rings. The van der Waals surface area contributed by atoms with Crippen molar-refractivity contribution in [3.8, 4) is 0 Å². The topological polar surface area (TPSA) is 24.9 Å². The molecule has 0 fully saturated rings. The Morgan fingerprint density at radius 1 is 1.00 bits per heavy atom. The third-order valence-electron chi connectivity index (χ3n) is 4.16. The zero-order valence-electron chi connectivity index (χ0n) is 13.1. The molecule has 1 atom stereocenters. The fourth-order valence-electron chi connectivity index (χ4n) is 2.83. The van der Waals surface area contributed by atoms with Crippen molar-refractivity contribution >= 4 is 0 Å². The molecule has 1 aromatic carbocycles. The molecule has 2 heteroatoms. The van der Waals surface area contributed by atoms with Gasteiger partial charge in [0, 0.05) is 12.4 Å². The van der Waals surface area contributed by atoms with Gasteiger partial charge in [-0.15, -0.1) is 0 Å². The first kappa shape index (κ1) is 14.7. The van der Waals surface area contributed by atoms with Gasteiger partial charge in [0.15, 0.2) is 0 Å². The molecule has 20 heavy (non-hydrogen) atoms. The van der Waals surface area contributed by atoms with Crippen LogP contribution in [0.5, 0.6) is 0 Å². The van der Waals surface area contributed by atoms with E-state index in [1.54, 1.807) is 0 Å². The molecule has 0 aliphatic heterocycles. The molecule has 2 nitrogen and oxygen atoms in total. The number of pyridine rings is 1. The minimum absolute atomic E-state index is 0.238. The second-order valence-electron chi connectivity index (χ2n) is 5.45. The minimum atomic E-state index is 0.238. The first-order valence-corrected chi connectivity index (χ1v) is 7.26. The maximum absolute atomic E-state index is 4.13. The zero-order chi connectivity index (χ0) is 14.7. The highest BCUT2D eigenvalue weighted by Crippen LogP contribution is 2.31. The summed E-state index contributed by atoms with van der Waals surface area (Å²) in [5.74, 6) is 0. The van der Waals surface area contributed by atoms with E-state index in [4.69, 9.17) is 0 Å². The van der Waals surface area contributed by atoms with Crippen LogP contribution in [-0.4, -0.2) is 11.5 Å². The van der Waals surface area contributed by atoms with E-state index in [9.17, 15) is 0 Å². The highest BCUT2D eigenvalue weighted by molar-refractivity contribution is 5.48. The van der Waals surface area contributed by atoms with Crippen molar-refractivity contribution in [3.63, 3.8) is 0 Å². The van der Waals surface area contributed by atoms with E-state index < -0.39 is 0 Å². The van der Waals surface area contributed by atoms with E-state index in [1.807, 2.05) is 12.4 Å². The maximum Gasteiger partial charge on any atom is 0.0583 e. The second kappa shape index (κ2) is 6.19. The van der Waals surface area contributed by atoms with Crippen molar-refractivity contribution in [1.29, 1.82) is 0 Å². The molecular weight excluding hydrogens is 244 g/mol. The van der Waals surface area contributed by atoms with Crippen molar-refractivity contribution < 1.29 is 0 Å². The van der Waals surface area contributed by atoms with Crippen LogP contribution in [-0.2, 0) is 0 Å². The molecule has 0 radical (unpaired) electrons. The number of hydrogen-bond donors (Lipinski definition) is 1. The molecule has 2 rings (SSSR count). The Bertz CT molecular complexity index is 562. The first-order valence-electron chi connectivity index (χ1n) is 7.26. The van der Waals surface area contributed by atoms with Crippen LogP contribution in [0.2, 0.25) is 0 Å². The van der Waals surface area contributed by atoms with Crippen LogP contribution in [0, 0.1) is 27.7 Å². The van der Waals surface area contributed by atoms with Crippen molar-refractivity contribution in [1.82, 2.24) is 10.3 Å². The molecule has 0 saturated heterocycles. The average Bonchev–Trinajstić information content (AvgIpc) is 2.45. The predicted octanol–water partition coefficient (Wildman–Crippen LogP) is 4.01. The standard InChI is InChI=1S/C18H24N2/c1-6-20-18(16-7-9-19-10-8-16)17-14(4)12(2)11-13(3)15(17)5/h7-11,18,20H,6H2,1-5H3. The highest BCUT2D eigenvalue weighted by atomic mass is 14.9. The number of rotatable bonds is 4. The van der Waals surface area contributed by atoms with Gasteiger partial charge in [-0.1, -0.05) is 13.0 Å². The van der Waals surface area contributed by atoms with E-state index in [1.165, 1.54) is 33.4 Å². The van der Waals surface area contributed by atoms with Crippen molar-refractivity contribution in [3.05, 3.63) is 64.0 Å². The lowest BCUT2D eigenvalue weighted by atomic mass is 9.87. The smallest absolute Gasteiger partial charge is 0.0583 e. The lowest BCUT2D eigenvalue weighted by Crippen LogP contribution is -2.24. The van der Waals surface area contributed by atoms with Crippen LogP contribution in [0.25, 0.3) is 0 Å². The van der Waals surface area contributed by atoms with E-state index in [2.05, 4.69) is 63.1 Å². The zero-order valence-corrected chi connectivity index (χ0v) is 13.1. The van der Waals surface area contributed by atoms with Crippen LogP contribution < -0.4 is 5.32 Å². The summed E-state index contributed by atoms with van der Waals surface area (Å²) >= 11 is 0. The van der Waals surface area contributed by atoms with E-state index >= 15 is 0 Å². The van der Waals surface area contributed by atoms with Gasteiger partial charge in [-0.25, -0.2) is 0 Å². The van der Waals surface area contributed by atoms with Crippen molar-refractivity contribution in [2.75, 3.05) is 6.54 Å². The molecular formula is C18H24N2. The van der Waals surface area contributed by atoms with Gasteiger partial charge in [-0.3, -0.25) is 4.98 Å². The van der Waals surface area contributed by atoms with Crippen LogP contribution in [0.3, 0.4) is 0 Å². The lowest BCUT2D eigenvalue weighted by molar-refractivity contribution is 0.623. The molecule has 0 spiro atoms. The summed E-state index contributed by atoms with van der Waals surface area (Å²) in [4.78, 5) is 4.13. The molecule has 0 aliphatic rings. The summed E-state index contributed by atoms with van der Waals surface area (Å²) < 4.78 is 0. The third-order valence-corrected chi connectivity index (χ3v) is 4.16. The minimum Gasteiger partial charge on any atom is -0.307 e. The predicted molar refractivity (Wildman–Crippen MR) is 85.1 cm³/mol. The normalized spacial score (nSPS) is 12.4. The van der Waals surface area contributed by atoms with Crippen LogP contribution in [0.1, 0.15) is 46.3 Å². The number of hydrogen-bond acceptors (Lipinski definition) is 2. The molecule has 1 unspecified atom stereocenters. The Balaban J connectivity index is 2.61. The SMILES string of the molecule is CCNC(c1ccncc1)c1c(C)c(C)cc(C)c1C. The van der Waals surface area contributed by atoms with Crippen LogP contribution in [0.4, 0.5) is 0 Å². The molecule has 0 aliphatic carbocycles. The largest absolute Gasteiger partial charge is 0.307 e. The summed E-state index contributed by atoms with van der Waals surface area (Å²) in [6, 6.07) is 6.72. The van der Waals surface area contributed by atoms with Crippen molar-refractivity contribution in [2.24, 2.45) is 0 Å². The van der Waals surface area contributed by atoms with Gasteiger partial charge in [0.1, 0.15) is 0 Å². The summed E-state index contributed by atoms with van der Waals surface area (Å²) in [6.07, 6.45) is 3.74. The van der Waals surface area contributed by atoms with Gasteiger partial charge in [0.05, 0.1) is 6.04 Å². The molecule has 0 bridgehead atoms. The lowest BCUT2D eigenvalue weighted by Gasteiger charge is -2.25. The Morgan fingerprint density at radius 3 is 2.05 bits per heavy atom. The van der Waals surface area contributed by atoms with E-state index in [0.717, 1.165) is 6.54 Å². The molecule has 106 valence electrons. The van der Waals surface area contributed by atoms with Gasteiger partial charge < -0.3 is 5.32 Å². The Morgan fingerprint density at radius 2 is 1.55 bits per heavy atom. The Hall–Kier alpha value is -1.67. The van der Waals surface area contributed by atoms with E-state index in [0.29, 0.717) is 0 Å². The average molecular weight is 268 g/mol. The fraction of sp³-hybridized carbons (Fsp3) is 0.389. The van der Waals surface area contributed by atoms with Gasteiger partial charge in [-0.05, 0) is 79.8 Å². The molecule has 1 aromatic heterocycles. The number of aromatic nitrogens is 1. The van der Waals surface area contributed by atoms with Gasteiger partial charge >= 0.3 is 0 Å². The Kier molecular flexibility index (Phi) is 4.56. The molecule has 1 heterocycles. The number of aryl methyl sites for hydroxylation is 2. The molecule has 0 saturated carbocycles. The quantitative estimate of drug-likeness (QED) is 0.906. The third kappa shape index (κ3) is 2.75. The first-order chi connectivity index (χ1) is 9.56. The van der Waals surface area contributed by atoms with Crippen LogP contribution in [0.15, 0.2) is 30.6 Å². The summed E-state index contributed by atoms with van der Waals surface area (Å²) in [5, 5.41) is 3.62. The summed E-state index contributed by atoms with van der Waals surface area (Å²) in [6.45, 7) is 11.9. The number of nitrogens with zero attached hydrogens (tertiary/aromatic N) is 1. The summed E-state index contributed by atoms with van der Waals surface area (Å²) in [5.41, 5.74) is 8.18. The molecule has 1 N–H and O–H groups in total. The monoisotopic (exact) mass is 268 g/mol. The van der Waals surface area contributed by atoms with Gasteiger partial charge in [-0.2, -0.15) is 0 Å². The van der Waals surface area contributed by atoms with Gasteiger partial charge in [0.25, 0.3) is 0 Å². The van der Waals surface area contributed by atoms with Crippen LogP contribution >= 0.6 is 0 Å². The highest BCUT2D eigenvalue weighted by Gasteiger charge is 2.19. The fourth-order valence-corrected chi connectivity index (χ4v) is 2.83. The van der Waals surface area contributed by atoms with Crippen molar-refractivity contribution in [2.45, 2.75) is 40.7 Å². The molecule has 0 amide bonds. The van der Waals surface area contributed by atoms with Gasteiger partial charge in [0.2, 0.25) is 0 Å². The number of nitrogens with one attached hydrogen (secondary N) is 1. The Labute approximate surface area is 122 Å². The maximum atomic E-state index is 4.13. The second-order valence-corrected chi connectivity index (χ2v) is 5.45. The number of benzene rings is 1. The summed E-state index contributed by atoms with van der Waals surface area (Å²) in [7, 11) is 0. The van der Waals surface area contributed by atoms with E-state index in [-0.39, 0.29) is 6.04 Å².